The summed E-state index contributed by atoms with van der Waals surface area (Å²) >= 11 is 0. The number of hydrogen-bond acceptors (Lipinski definition) is 4. The zero-order valence-electron chi connectivity index (χ0n) is 14.6. The van der Waals surface area contributed by atoms with E-state index in [-0.39, 0.29) is 5.91 Å². The molecule has 1 atom stereocenters. The van der Waals surface area contributed by atoms with Crippen LogP contribution in [-0.2, 0) is 11.2 Å². The van der Waals surface area contributed by atoms with Gasteiger partial charge in [-0.2, -0.15) is 0 Å². The van der Waals surface area contributed by atoms with E-state index in [1.54, 1.807) is 19.3 Å². The second-order valence-electron chi connectivity index (χ2n) is 5.90. The number of nitrogens with zero attached hydrogens (tertiary/aromatic N) is 2. The largest absolute Gasteiger partial charge is 0.481 e. The summed E-state index contributed by atoms with van der Waals surface area (Å²) in [5, 5.41) is 2.88. The Balaban J connectivity index is 1.46. The highest BCUT2D eigenvalue weighted by molar-refractivity contribution is 5.80. The monoisotopic (exact) mass is 347 g/mol. The Morgan fingerprint density at radius 2 is 1.62 bits per heavy atom. The second kappa shape index (κ2) is 8.76. The van der Waals surface area contributed by atoms with Gasteiger partial charge in [0, 0.05) is 24.5 Å². The highest BCUT2D eigenvalue weighted by Gasteiger charge is 2.13. The zero-order chi connectivity index (χ0) is 18.2. The summed E-state index contributed by atoms with van der Waals surface area (Å²) in [5.74, 6) is 1.24. The van der Waals surface area contributed by atoms with Crippen molar-refractivity contribution in [2.75, 3.05) is 6.54 Å². The van der Waals surface area contributed by atoms with Crippen LogP contribution in [0.5, 0.6) is 5.75 Å². The molecule has 0 saturated carbocycles. The standard InChI is InChI=1S/C21H21N3O2/c1-16(26-19-10-6-3-7-11-19)21(25)22-13-12-17-14-23-20(24-15-17)18-8-4-2-5-9-18/h2-11,14-16H,12-13H2,1H3,(H,22,25)/t16-/m0/s1. The molecule has 132 valence electrons. The van der Waals surface area contributed by atoms with Crippen LogP contribution in [0.1, 0.15) is 12.5 Å². The van der Waals surface area contributed by atoms with E-state index in [4.69, 9.17) is 4.74 Å². The minimum absolute atomic E-state index is 0.143. The Kier molecular flexibility index (Phi) is 5.93. The third kappa shape index (κ3) is 4.89. The molecular formula is C21H21N3O2. The molecule has 5 heteroatoms. The van der Waals surface area contributed by atoms with Gasteiger partial charge in [0.2, 0.25) is 0 Å². The molecule has 0 saturated heterocycles. The number of carbonyl (C=O) groups excluding carboxylic acids is 1. The number of rotatable bonds is 7. The summed E-state index contributed by atoms with van der Waals surface area (Å²) in [6.45, 7) is 2.25. The van der Waals surface area contributed by atoms with Gasteiger partial charge in [-0.05, 0) is 31.0 Å². The molecule has 0 aliphatic rings. The average molecular weight is 347 g/mol. The van der Waals surface area contributed by atoms with Gasteiger partial charge in [-0.3, -0.25) is 4.79 Å². The van der Waals surface area contributed by atoms with Gasteiger partial charge in [-0.25, -0.2) is 9.97 Å². The first-order chi connectivity index (χ1) is 12.7. The lowest BCUT2D eigenvalue weighted by molar-refractivity contribution is -0.127. The molecule has 5 nitrogen and oxygen atoms in total. The quantitative estimate of drug-likeness (QED) is 0.712. The first-order valence-electron chi connectivity index (χ1n) is 8.58. The first-order valence-corrected chi connectivity index (χ1v) is 8.58. The number of amides is 1. The molecule has 26 heavy (non-hydrogen) atoms. The van der Waals surface area contributed by atoms with Crippen molar-refractivity contribution in [3.63, 3.8) is 0 Å². The number of ether oxygens (including phenoxy) is 1. The van der Waals surface area contributed by atoms with Gasteiger partial charge in [0.05, 0.1) is 0 Å². The van der Waals surface area contributed by atoms with Crippen LogP contribution in [0.4, 0.5) is 0 Å². The summed E-state index contributed by atoms with van der Waals surface area (Å²) in [5.41, 5.74) is 1.96. The van der Waals surface area contributed by atoms with Crippen molar-refractivity contribution in [1.82, 2.24) is 15.3 Å². The highest BCUT2D eigenvalue weighted by atomic mass is 16.5. The van der Waals surface area contributed by atoms with Crippen molar-refractivity contribution < 1.29 is 9.53 Å². The van der Waals surface area contributed by atoms with E-state index >= 15 is 0 Å². The number of aromatic nitrogens is 2. The zero-order valence-corrected chi connectivity index (χ0v) is 14.6. The molecule has 3 rings (SSSR count). The molecule has 0 aliphatic carbocycles. The van der Waals surface area contributed by atoms with Gasteiger partial charge in [-0.15, -0.1) is 0 Å². The smallest absolute Gasteiger partial charge is 0.260 e. The number of nitrogens with one attached hydrogen (secondary N) is 1. The van der Waals surface area contributed by atoms with Crippen LogP contribution in [0.15, 0.2) is 73.1 Å². The second-order valence-corrected chi connectivity index (χ2v) is 5.90. The molecule has 0 radical (unpaired) electrons. The Hall–Kier alpha value is -3.21. The normalized spacial score (nSPS) is 11.6. The van der Waals surface area contributed by atoms with Crippen molar-refractivity contribution in [2.24, 2.45) is 0 Å². The lowest BCUT2D eigenvalue weighted by atomic mass is 10.2. The molecular weight excluding hydrogens is 326 g/mol. The highest BCUT2D eigenvalue weighted by Crippen LogP contribution is 2.13. The summed E-state index contributed by atoms with van der Waals surface area (Å²) in [6.07, 6.45) is 3.71. The van der Waals surface area contributed by atoms with E-state index in [1.807, 2.05) is 60.7 Å². The Morgan fingerprint density at radius 3 is 2.27 bits per heavy atom. The van der Waals surface area contributed by atoms with Crippen LogP contribution < -0.4 is 10.1 Å². The molecule has 1 amide bonds. The van der Waals surface area contributed by atoms with Crippen molar-refractivity contribution in [1.29, 1.82) is 0 Å². The fraction of sp³-hybridized carbons (Fsp3) is 0.190. The van der Waals surface area contributed by atoms with Crippen molar-refractivity contribution in [3.05, 3.63) is 78.6 Å². The fourth-order valence-electron chi connectivity index (χ4n) is 2.45. The molecule has 0 aliphatic heterocycles. The summed E-state index contributed by atoms with van der Waals surface area (Å²) in [6, 6.07) is 19.1. The minimum atomic E-state index is -0.547. The first kappa shape index (κ1) is 17.6. The predicted octanol–water partition coefficient (Wildman–Crippen LogP) is 3.27. The number of carbonyl (C=O) groups is 1. The summed E-state index contributed by atoms with van der Waals surface area (Å²) in [7, 11) is 0. The van der Waals surface area contributed by atoms with E-state index in [1.165, 1.54) is 0 Å². The topological polar surface area (TPSA) is 64.1 Å². The predicted molar refractivity (Wildman–Crippen MR) is 101 cm³/mol. The third-order valence-corrected chi connectivity index (χ3v) is 3.88. The molecule has 1 aromatic heterocycles. The Morgan fingerprint density at radius 1 is 1.00 bits per heavy atom. The van der Waals surface area contributed by atoms with Gasteiger partial charge in [-0.1, -0.05) is 48.5 Å². The van der Waals surface area contributed by atoms with Crippen LogP contribution in [0.3, 0.4) is 0 Å². The van der Waals surface area contributed by atoms with Gasteiger partial charge in [0.25, 0.3) is 5.91 Å². The number of benzene rings is 2. The summed E-state index contributed by atoms with van der Waals surface area (Å²) in [4.78, 5) is 20.9. The number of hydrogen-bond donors (Lipinski definition) is 1. The van der Waals surface area contributed by atoms with Crippen LogP contribution >= 0.6 is 0 Å². The van der Waals surface area contributed by atoms with E-state index in [0.29, 0.717) is 24.5 Å². The van der Waals surface area contributed by atoms with Crippen molar-refractivity contribution in [2.45, 2.75) is 19.4 Å². The van der Waals surface area contributed by atoms with Crippen LogP contribution in [0.2, 0.25) is 0 Å². The fourth-order valence-corrected chi connectivity index (χ4v) is 2.45. The summed E-state index contributed by atoms with van der Waals surface area (Å²) < 4.78 is 5.61. The van der Waals surface area contributed by atoms with Crippen LogP contribution in [-0.4, -0.2) is 28.5 Å². The maximum absolute atomic E-state index is 12.1. The van der Waals surface area contributed by atoms with Gasteiger partial charge >= 0.3 is 0 Å². The van der Waals surface area contributed by atoms with Gasteiger partial charge in [0.1, 0.15) is 5.75 Å². The molecule has 3 aromatic rings. The van der Waals surface area contributed by atoms with Gasteiger partial charge in [0.15, 0.2) is 11.9 Å². The Labute approximate surface area is 153 Å². The molecule has 0 fully saturated rings. The molecule has 0 spiro atoms. The Bertz CT molecular complexity index is 821. The SMILES string of the molecule is C[C@H](Oc1ccccc1)C(=O)NCCc1cnc(-c2ccccc2)nc1. The van der Waals surface area contributed by atoms with Crippen molar-refractivity contribution >= 4 is 5.91 Å². The average Bonchev–Trinajstić information content (AvgIpc) is 2.70. The van der Waals surface area contributed by atoms with Crippen molar-refractivity contribution in [3.8, 4) is 17.1 Å². The molecule has 1 N–H and O–H groups in total. The molecule has 1 heterocycles. The van der Waals surface area contributed by atoms with Gasteiger partial charge < -0.3 is 10.1 Å². The van der Waals surface area contributed by atoms with E-state index in [2.05, 4.69) is 15.3 Å². The third-order valence-electron chi connectivity index (χ3n) is 3.88. The molecule has 0 unspecified atom stereocenters. The van der Waals surface area contributed by atoms with E-state index in [0.717, 1.165) is 11.1 Å². The van der Waals surface area contributed by atoms with Crippen LogP contribution in [0.25, 0.3) is 11.4 Å². The maximum Gasteiger partial charge on any atom is 0.260 e. The van der Waals surface area contributed by atoms with Crippen LogP contribution in [0, 0.1) is 0 Å². The molecule has 0 bridgehead atoms. The maximum atomic E-state index is 12.1. The van der Waals surface area contributed by atoms with E-state index < -0.39 is 6.10 Å². The molecule has 2 aromatic carbocycles. The number of para-hydroxylation sites is 1. The van der Waals surface area contributed by atoms with E-state index in [9.17, 15) is 4.79 Å². The lowest BCUT2D eigenvalue weighted by Gasteiger charge is -2.14. The minimum Gasteiger partial charge on any atom is -0.481 e. The lowest BCUT2D eigenvalue weighted by Crippen LogP contribution is -2.37.